The van der Waals surface area contributed by atoms with E-state index in [0.717, 1.165) is 6.20 Å². The van der Waals surface area contributed by atoms with Crippen LogP contribution in [0.4, 0.5) is 5.69 Å². The Morgan fingerprint density at radius 3 is 2.32 bits per heavy atom. The second-order valence-electron chi connectivity index (χ2n) is 5.65. The number of rotatable bonds is 8. The number of benzene rings is 1. The standard InChI is InChI=1S/C18H21N3O6S/c1-3-20(4-2)28(25,26)15-10-8-14(9-11-15)19-17(22)13-27-18(23)16-7-5-6-12-21(16)24/h5-12H,3-4,13H2,1-2H3,(H,19,22). The molecule has 150 valence electrons. The minimum absolute atomic E-state index is 0.115. The number of hydrogen-bond acceptors (Lipinski definition) is 6. The first kappa shape index (κ1) is 21.3. The highest BCUT2D eigenvalue weighted by Gasteiger charge is 2.21. The molecule has 9 nitrogen and oxygen atoms in total. The lowest BCUT2D eigenvalue weighted by Gasteiger charge is -2.18. The Morgan fingerprint density at radius 1 is 1.11 bits per heavy atom. The van der Waals surface area contributed by atoms with Crippen LogP contribution in [0.1, 0.15) is 24.3 Å². The zero-order valence-electron chi connectivity index (χ0n) is 15.5. The van der Waals surface area contributed by atoms with Gasteiger partial charge in [0.15, 0.2) is 12.8 Å². The Hall–Kier alpha value is -2.98. The SMILES string of the molecule is CCN(CC)S(=O)(=O)c1ccc(NC(=O)COC(=O)c2cccc[n+]2[O-])cc1. The average Bonchev–Trinajstić information content (AvgIpc) is 2.67. The van der Waals surface area contributed by atoms with Crippen molar-refractivity contribution < 1.29 is 27.5 Å². The second kappa shape index (κ2) is 9.29. The highest BCUT2D eigenvalue weighted by Crippen LogP contribution is 2.18. The van der Waals surface area contributed by atoms with E-state index in [2.05, 4.69) is 5.32 Å². The maximum absolute atomic E-state index is 12.4. The van der Waals surface area contributed by atoms with E-state index in [0.29, 0.717) is 23.5 Å². The van der Waals surface area contributed by atoms with Crippen LogP contribution >= 0.6 is 0 Å². The van der Waals surface area contributed by atoms with Gasteiger partial charge in [-0.1, -0.05) is 13.8 Å². The van der Waals surface area contributed by atoms with E-state index in [4.69, 9.17) is 4.74 Å². The molecule has 0 unspecified atom stereocenters. The molecule has 10 heteroatoms. The monoisotopic (exact) mass is 407 g/mol. The van der Waals surface area contributed by atoms with Gasteiger partial charge >= 0.3 is 11.7 Å². The van der Waals surface area contributed by atoms with Gasteiger partial charge in [0, 0.05) is 30.9 Å². The molecule has 0 saturated heterocycles. The van der Waals surface area contributed by atoms with E-state index < -0.39 is 28.5 Å². The molecule has 1 aromatic heterocycles. The van der Waals surface area contributed by atoms with E-state index in [1.807, 2.05) is 0 Å². The third-order valence-electron chi connectivity index (χ3n) is 3.85. The number of pyridine rings is 1. The minimum Gasteiger partial charge on any atom is -0.618 e. The first-order valence-corrected chi connectivity index (χ1v) is 9.99. The highest BCUT2D eigenvalue weighted by molar-refractivity contribution is 7.89. The number of carbonyl (C=O) groups excluding carboxylic acids is 2. The van der Waals surface area contributed by atoms with Crippen molar-refractivity contribution >= 4 is 27.6 Å². The van der Waals surface area contributed by atoms with Crippen molar-refractivity contribution in [2.75, 3.05) is 25.0 Å². The summed E-state index contributed by atoms with van der Waals surface area (Å²) in [6.45, 7) is 3.62. The summed E-state index contributed by atoms with van der Waals surface area (Å²) >= 11 is 0. The van der Waals surface area contributed by atoms with Gasteiger partial charge in [-0.3, -0.25) is 4.79 Å². The number of aromatic nitrogens is 1. The van der Waals surface area contributed by atoms with Gasteiger partial charge in [0.25, 0.3) is 5.91 Å². The summed E-state index contributed by atoms with van der Waals surface area (Å²) in [5.41, 5.74) is 0.111. The molecule has 0 atom stereocenters. The quantitative estimate of drug-likeness (QED) is 0.398. The maximum atomic E-state index is 12.4. The average molecular weight is 407 g/mol. The number of esters is 1. The molecule has 1 heterocycles. The normalized spacial score (nSPS) is 11.2. The molecular formula is C18H21N3O6S. The zero-order chi connectivity index (χ0) is 20.7. The summed E-state index contributed by atoms with van der Waals surface area (Å²) < 4.78 is 31.3. The van der Waals surface area contributed by atoms with Crippen LogP contribution in [0.15, 0.2) is 53.6 Å². The number of amides is 1. The van der Waals surface area contributed by atoms with Crippen LogP contribution in [0, 0.1) is 5.21 Å². The molecule has 0 radical (unpaired) electrons. The van der Waals surface area contributed by atoms with Crippen molar-refractivity contribution in [1.29, 1.82) is 0 Å². The predicted molar refractivity (Wildman–Crippen MR) is 101 cm³/mol. The van der Waals surface area contributed by atoms with Gasteiger partial charge in [-0.25, -0.2) is 13.2 Å². The molecule has 1 amide bonds. The van der Waals surface area contributed by atoms with Gasteiger partial charge in [-0.05, 0) is 30.3 Å². The van der Waals surface area contributed by atoms with Gasteiger partial charge in [0.1, 0.15) is 0 Å². The molecule has 0 aliphatic carbocycles. The summed E-state index contributed by atoms with van der Waals surface area (Å²) in [6.07, 6.45) is 1.14. The molecule has 2 rings (SSSR count). The Bertz CT molecular complexity index is 940. The number of ether oxygens (including phenoxy) is 1. The number of nitrogens with zero attached hydrogens (tertiary/aromatic N) is 2. The van der Waals surface area contributed by atoms with E-state index >= 15 is 0 Å². The predicted octanol–water partition coefficient (Wildman–Crippen LogP) is 1.15. The van der Waals surface area contributed by atoms with Gasteiger partial charge < -0.3 is 15.3 Å². The van der Waals surface area contributed by atoms with Crippen molar-refractivity contribution in [1.82, 2.24) is 4.31 Å². The number of hydrogen-bond donors (Lipinski definition) is 1. The fourth-order valence-corrected chi connectivity index (χ4v) is 3.87. The molecule has 2 aromatic rings. The van der Waals surface area contributed by atoms with Gasteiger partial charge in [0.05, 0.1) is 4.90 Å². The van der Waals surface area contributed by atoms with E-state index in [9.17, 15) is 23.2 Å². The molecule has 0 aliphatic rings. The topological polar surface area (TPSA) is 120 Å². The van der Waals surface area contributed by atoms with Gasteiger partial charge in [0.2, 0.25) is 10.0 Å². The van der Waals surface area contributed by atoms with Crippen molar-refractivity contribution in [2.45, 2.75) is 18.7 Å². The summed E-state index contributed by atoms with van der Waals surface area (Å²) in [5.74, 6) is -1.55. The largest absolute Gasteiger partial charge is 0.618 e. The summed E-state index contributed by atoms with van der Waals surface area (Å²) in [5, 5.41) is 14.0. The fraction of sp³-hybridized carbons (Fsp3) is 0.278. The molecule has 0 saturated carbocycles. The minimum atomic E-state index is -3.58. The second-order valence-corrected chi connectivity index (χ2v) is 7.59. The van der Waals surface area contributed by atoms with Crippen LogP contribution in [0.2, 0.25) is 0 Å². The van der Waals surface area contributed by atoms with Crippen LogP contribution in [0.3, 0.4) is 0 Å². The molecule has 0 bridgehead atoms. The number of anilines is 1. The van der Waals surface area contributed by atoms with Gasteiger partial charge in [-0.2, -0.15) is 9.04 Å². The first-order chi connectivity index (χ1) is 13.3. The molecule has 0 aliphatic heterocycles. The van der Waals surface area contributed by atoms with E-state index in [1.54, 1.807) is 13.8 Å². The fourth-order valence-electron chi connectivity index (χ4n) is 2.41. The van der Waals surface area contributed by atoms with Crippen LogP contribution in [-0.4, -0.2) is 44.3 Å². The Labute approximate surface area is 163 Å². The summed E-state index contributed by atoms with van der Waals surface area (Å²) in [4.78, 5) is 23.8. The first-order valence-electron chi connectivity index (χ1n) is 8.55. The number of nitrogens with one attached hydrogen (secondary N) is 1. The van der Waals surface area contributed by atoms with E-state index in [1.165, 1.54) is 46.8 Å². The van der Waals surface area contributed by atoms with Crippen molar-refractivity contribution in [3.8, 4) is 0 Å². The van der Waals surface area contributed by atoms with Crippen LogP contribution in [-0.2, 0) is 19.6 Å². The smallest absolute Gasteiger partial charge is 0.405 e. The van der Waals surface area contributed by atoms with Crippen LogP contribution in [0.25, 0.3) is 0 Å². The molecule has 0 fully saturated rings. The number of carbonyl (C=O) groups is 2. The van der Waals surface area contributed by atoms with Crippen molar-refractivity contribution in [3.05, 3.63) is 59.6 Å². The van der Waals surface area contributed by atoms with Crippen molar-refractivity contribution in [3.63, 3.8) is 0 Å². The number of sulfonamides is 1. The molecule has 28 heavy (non-hydrogen) atoms. The Morgan fingerprint density at radius 2 is 1.75 bits per heavy atom. The van der Waals surface area contributed by atoms with E-state index in [-0.39, 0.29) is 10.6 Å². The third kappa shape index (κ3) is 5.05. The van der Waals surface area contributed by atoms with Crippen molar-refractivity contribution in [2.24, 2.45) is 0 Å². The molecule has 1 aromatic carbocycles. The molecule has 0 spiro atoms. The molecule has 1 N–H and O–H groups in total. The zero-order valence-corrected chi connectivity index (χ0v) is 16.3. The van der Waals surface area contributed by atoms with Crippen LogP contribution in [0.5, 0.6) is 0 Å². The lowest BCUT2D eigenvalue weighted by atomic mass is 10.3. The lowest BCUT2D eigenvalue weighted by Crippen LogP contribution is -2.35. The Kier molecular flexibility index (Phi) is 7.07. The summed E-state index contributed by atoms with van der Waals surface area (Å²) in [7, 11) is -3.58. The Balaban J connectivity index is 1.96. The lowest BCUT2D eigenvalue weighted by molar-refractivity contribution is -0.608. The maximum Gasteiger partial charge on any atom is 0.405 e. The van der Waals surface area contributed by atoms with Crippen LogP contribution < -0.4 is 10.0 Å². The van der Waals surface area contributed by atoms with Gasteiger partial charge in [-0.15, -0.1) is 0 Å². The highest BCUT2D eigenvalue weighted by atomic mass is 32.2. The molecular weight excluding hydrogens is 386 g/mol. The third-order valence-corrected chi connectivity index (χ3v) is 5.91. The summed E-state index contributed by atoms with van der Waals surface area (Å²) in [6, 6.07) is 9.90.